The molecule has 0 fully saturated rings. The van der Waals surface area contributed by atoms with Gasteiger partial charge in [0, 0.05) is 6.08 Å². The lowest BCUT2D eigenvalue weighted by Crippen LogP contribution is -2.03. The molecule has 10 heavy (non-hydrogen) atoms. The van der Waals surface area contributed by atoms with E-state index in [4.69, 9.17) is 34.8 Å². The third-order valence-corrected chi connectivity index (χ3v) is 1.53. The first-order valence-electron chi connectivity index (χ1n) is 2.06. The van der Waals surface area contributed by atoms with Crippen molar-refractivity contribution in [2.75, 3.05) is 0 Å². The Balaban J connectivity index is 4.17. The maximum atomic E-state index is 11.4. The normalized spacial score (nSPS) is 14.5. The molecular formula is C4H2Cl3F3. The molecular weight excluding hydrogens is 211 g/mol. The molecule has 0 aliphatic heterocycles. The van der Waals surface area contributed by atoms with E-state index in [1.54, 1.807) is 0 Å². The highest BCUT2D eigenvalue weighted by atomic mass is 35.5. The molecule has 0 aliphatic rings. The molecule has 0 aromatic rings. The Kier molecular flexibility index (Phi) is 3.84. The summed E-state index contributed by atoms with van der Waals surface area (Å²) in [6.07, 6.45) is -4.61. The quantitative estimate of drug-likeness (QED) is 0.585. The van der Waals surface area contributed by atoms with Gasteiger partial charge in [0.05, 0.1) is 5.03 Å². The monoisotopic (exact) mass is 212 g/mol. The molecule has 0 amide bonds. The van der Waals surface area contributed by atoms with Gasteiger partial charge in [-0.3, -0.25) is 0 Å². The van der Waals surface area contributed by atoms with Crippen LogP contribution in [0, 0.1) is 0 Å². The molecule has 0 aliphatic carbocycles. The van der Waals surface area contributed by atoms with Crippen LogP contribution >= 0.6 is 34.8 Å². The molecule has 0 spiro atoms. The average molecular weight is 213 g/mol. The second kappa shape index (κ2) is 3.69. The molecule has 0 unspecified atom stereocenters. The van der Waals surface area contributed by atoms with E-state index in [1.165, 1.54) is 0 Å². The number of allylic oxidation sites excluding steroid dienone is 2. The van der Waals surface area contributed by atoms with Crippen molar-refractivity contribution in [1.29, 1.82) is 0 Å². The molecule has 6 heteroatoms. The zero-order chi connectivity index (χ0) is 8.36. The van der Waals surface area contributed by atoms with E-state index in [9.17, 15) is 13.2 Å². The van der Waals surface area contributed by atoms with Crippen molar-refractivity contribution in [3.8, 4) is 0 Å². The summed E-state index contributed by atoms with van der Waals surface area (Å²) in [6.45, 7) is 0. The van der Waals surface area contributed by atoms with E-state index in [0.717, 1.165) is 0 Å². The largest absolute Gasteiger partial charge is 0.410 e. The van der Waals surface area contributed by atoms with Gasteiger partial charge in [0.15, 0.2) is 0 Å². The highest BCUT2D eigenvalue weighted by Crippen LogP contribution is 2.25. The van der Waals surface area contributed by atoms with Crippen LogP contribution in [-0.4, -0.2) is 11.0 Å². The van der Waals surface area contributed by atoms with Crippen LogP contribution in [0.2, 0.25) is 0 Å². The Labute approximate surface area is 70.6 Å². The number of hydrogen-bond acceptors (Lipinski definition) is 0. The zero-order valence-electron chi connectivity index (χ0n) is 4.42. The van der Waals surface area contributed by atoms with E-state index in [-0.39, 0.29) is 6.08 Å². The maximum Gasteiger partial charge on any atom is 0.410 e. The van der Waals surface area contributed by atoms with Crippen LogP contribution in [0.1, 0.15) is 0 Å². The van der Waals surface area contributed by atoms with Crippen LogP contribution in [-0.2, 0) is 0 Å². The van der Waals surface area contributed by atoms with Gasteiger partial charge in [-0.2, -0.15) is 13.2 Å². The van der Waals surface area contributed by atoms with Crippen LogP contribution in [0.25, 0.3) is 0 Å². The van der Waals surface area contributed by atoms with E-state index in [0.29, 0.717) is 0 Å². The van der Waals surface area contributed by atoms with Gasteiger partial charge in [0.25, 0.3) is 0 Å². The molecule has 0 atom stereocenters. The highest BCUT2D eigenvalue weighted by Gasteiger charge is 2.25. The Morgan fingerprint density at radius 2 is 1.70 bits per heavy atom. The minimum Gasteiger partial charge on any atom is -0.167 e. The summed E-state index contributed by atoms with van der Waals surface area (Å²) >= 11 is 15.0. The van der Waals surface area contributed by atoms with Gasteiger partial charge in [0.2, 0.25) is 0 Å². The molecule has 0 heterocycles. The Hall–Kier alpha value is 0.400. The smallest absolute Gasteiger partial charge is 0.167 e. The van der Waals surface area contributed by atoms with E-state index < -0.39 is 16.0 Å². The number of hydrogen-bond donors (Lipinski definition) is 0. The first-order valence-corrected chi connectivity index (χ1v) is 3.31. The van der Waals surface area contributed by atoms with Gasteiger partial charge in [-0.25, -0.2) is 0 Å². The predicted octanol–water partition coefficient (Wildman–Crippen LogP) is 3.48. The van der Waals surface area contributed by atoms with Crippen molar-refractivity contribution in [3.05, 3.63) is 11.1 Å². The van der Waals surface area contributed by atoms with Crippen LogP contribution in [0.15, 0.2) is 11.1 Å². The van der Waals surface area contributed by atoms with E-state index >= 15 is 0 Å². The Morgan fingerprint density at radius 1 is 1.30 bits per heavy atom. The fraction of sp³-hybridized carbons (Fsp3) is 0.500. The minimum absolute atomic E-state index is 0.154. The Morgan fingerprint density at radius 3 is 1.80 bits per heavy atom. The Bertz CT molecular complexity index is 137. The lowest BCUT2D eigenvalue weighted by Gasteiger charge is -2.01. The molecule has 0 aromatic carbocycles. The summed E-state index contributed by atoms with van der Waals surface area (Å²) in [5, 5.41) is -0.629. The molecule has 0 bridgehead atoms. The summed E-state index contributed by atoms with van der Waals surface area (Å²) in [7, 11) is 0. The van der Waals surface area contributed by atoms with E-state index in [2.05, 4.69) is 0 Å². The third kappa shape index (κ3) is 5.21. The van der Waals surface area contributed by atoms with Crippen molar-refractivity contribution >= 4 is 34.8 Å². The van der Waals surface area contributed by atoms with Crippen LogP contribution in [0.5, 0.6) is 0 Å². The number of halogens is 6. The second-order valence-corrected chi connectivity index (χ2v) is 2.90. The molecule has 0 saturated carbocycles. The van der Waals surface area contributed by atoms with Gasteiger partial charge >= 0.3 is 6.18 Å². The summed E-state index contributed by atoms with van der Waals surface area (Å²) in [5.41, 5.74) is 0. The average Bonchev–Trinajstić information content (AvgIpc) is 1.60. The predicted molar refractivity (Wildman–Crippen MR) is 35.5 cm³/mol. The first kappa shape index (κ1) is 10.4. The van der Waals surface area contributed by atoms with Crippen molar-refractivity contribution in [3.63, 3.8) is 0 Å². The lowest BCUT2D eigenvalue weighted by atomic mass is 10.5. The zero-order valence-corrected chi connectivity index (χ0v) is 6.69. The fourth-order valence-corrected chi connectivity index (χ4v) is 0.469. The van der Waals surface area contributed by atoms with Crippen LogP contribution in [0.3, 0.4) is 0 Å². The van der Waals surface area contributed by atoms with Crippen molar-refractivity contribution in [1.82, 2.24) is 0 Å². The molecule has 60 valence electrons. The van der Waals surface area contributed by atoms with Crippen molar-refractivity contribution in [2.24, 2.45) is 0 Å². The molecule has 0 rings (SSSR count). The van der Waals surface area contributed by atoms with Gasteiger partial charge in [0.1, 0.15) is 4.84 Å². The second-order valence-electron chi connectivity index (χ2n) is 1.37. The van der Waals surface area contributed by atoms with Gasteiger partial charge in [-0.15, -0.1) is 0 Å². The molecule has 0 aromatic heterocycles. The third-order valence-electron chi connectivity index (χ3n) is 0.510. The fourth-order valence-electron chi connectivity index (χ4n) is 0.219. The minimum atomic E-state index is -4.46. The summed E-state index contributed by atoms with van der Waals surface area (Å²) in [6, 6.07) is 0. The van der Waals surface area contributed by atoms with Crippen LogP contribution in [0.4, 0.5) is 13.2 Å². The van der Waals surface area contributed by atoms with Gasteiger partial charge in [-0.05, 0) is 0 Å². The summed E-state index contributed by atoms with van der Waals surface area (Å²) in [4.78, 5) is -1.32. The molecule has 0 N–H and O–H groups in total. The summed E-state index contributed by atoms with van der Waals surface area (Å²) in [5.74, 6) is 0. The van der Waals surface area contributed by atoms with E-state index in [1.807, 2.05) is 0 Å². The SMILES string of the molecule is FC(F)(F)/C=C(\Cl)C(Cl)Cl. The molecule has 0 radical (unpaired) electrons. The molecule has 0 nitrogen and oxygen atoms in total. The number of alkyl halides is 5. The first-order chi connectivity index (χ1) is 4.33. The summed E-state index contributed by atoms with van der Waals surface area (Å²) < 4.78 is 34.2. The number of rotatable bonds is 1. The maximum absolute atomic E-state index is 11.4. The van der Waals surface area contributed by atoms with Crippen molar-refractivity contribution in [2.45, 2.75) is 11.0 Å². The highest BCUT2D eigenvalue weighted by molar-refractivity contribution is 6.52. The molecule has 0 saturated heterocycles. The van der Waals surface area contributed by atoms with Crippen molar-refractivity contribution < 1.29 is 13.2 Å². The standard InChI is InChI=1S/C4H2Cl3F3/c5-2(3(6)7)1-4(8,9)10/h1,3H/b2-1-. The van der Waals surface area contributed by atoms with Gasteiger partial charge < -0.3 is 0 Å². The van der Waals surface area contributed by atoms with Crippen LogP contribution < -0.4 is 0 Å². The van der Waals surface area contributed by atoms with Gasteiger partial charge in [-0.1, -0.05) is 34.8 Å². The lowest BCUT2D eigenvalue weighted by molar-refractivity contribution is -0.0801. The topological polar surface area (TPSA) is 0 Å².